The van der Waals surface area contributed by atoms with E-state index >= 15 is 0 Å². The van der Waals surface area contributed by atoms with Crippen LogP contribution >= 0.6 is 11.3 Å². The number of pyridine rings is 1. The van der Waals surface area contributed by atoms with Crippen molar-refractivity contribution in [3.05, 3.63) is 69.9 Å². The van der Waals surface area contributed by atoms with Gasteiger partial charge in [0.1, 0.15) is 23.7 Å². The summed E-state index contributed by atoms with van der Waals surface area (Å²) in [7, 11) is 0. The van der Waals surface area contributed by atoms with E-state index in [4.69, 9.17) is 4.74 Å². The van der Waals surface area contributed by atoms with E-state index in [0.29, 0.717) is 30.3 Å². The number of carbonyl (C=O) groups excluding carboxylic acids is 1. The maximum atomic E-state index is 12.9. The molecule has 3 aromatic rings. The average molecular weight is 351 g/mol. The molecule has 0 N–H and O–H groups in total. The van der Waals surface area contributed by atoms with Crippen LogP contribution in [0.25, 0.3) is 0 Å². The number of carbonyl (C=O) groups is 1. The van der Waals surface area contributed by atoms with Crippen molar-refractivity contribution in [2.75, 3.05) is 18.1 Å². The average Bonchev–Trinajstić information content (AvgIpc) is 3.11. The Morgan fingerprint density at radius 2 is 2.12 bits per heavy atom. The number of fused-ring (bicyclic) bond motifs is 1. The second-order valence-corrected chi connectivity index (χ2v) is 6.88. The summed E-state index contributed by atoms with van der Waals surface area (Å²) in [4.78, 5) is 23.2. The number of nitrogens with zero attached hydrogens (tertiary/aromatic N) is 3. The Bertz CT molecular complexity index is 905. The molecule has 0 fully saturated rings. The smallest absolute Gasteiger partial charge is 0.278 e. The predicted molar refractivity (Wildman–Crippen MR) is 97.5 cm³/mol. The fraction of sp³-hybridized carbons (Fsp3) is 0.211. The van der Waals surface area contributed by atoms with Gasteiger partial charge < -0.3 is 4.74 Å². The van der Waals surface area contributed by atoms with Gasteiger partial charge >= 0.3 is 0 Å². The number of ether oxygens (including phenoxy) is 1. The first-order valence-corrected chi connectivity index (χ1v) is 8.97. The lowest BCUT2D eigenvalue weighted by atomic mass is 10.1. The third-order valence-corrected chi connectivity index (χ3v) is 4.97. The molecule has 6 heteroatoms. The molecule has 2 aromatic heterocycles. The molecule has 0 atom stereocenters. The van der Waals surface area contributed by atoms with Crippen LogP contribution in [0, 0.1) is 6.92 Å². The van der Waals surface area contributed by atoms with Crippen LogP contribution in [0.15, 0.2) is 48.1 Å². The van der Waals surface area contributed by atoms with Gasteiger partial charge in [-0.25, -0.2) is 4.98 Å². The summed E-state index contributed by atoms with van der Waals surface area (Å²) in [6, 6.07) is 10.2. The molecule has 1 aliphatic heterocycles. The molecule has 5 nitrogen and oxygen atoms in total. The lowest BCUT2D eigenvalue weighted by Crippen LogP contribution is -2.38. The van der Waals surface area contributed by atoms with Gasteiger partial charge in [-0.05, 0) is 12.5 Å². The van der Waals surface area contributed by atoms with E-state index in [9.17, 15) is 4.79 Å². The molecule has 0 bridgehead atoms. The van der Waals surface area contributed by atoms with Gasteiger partial charge in [0, 0.05) is 24.1 Å². The minimum atomic E-state index is -0.107. The SMILES string of the molecule is Cc1ccc(Cc2nc(C(=O)N3CCOc4ccncc43)cs2)cc1. The molecular formula is C19H17N3O2S. The van der Waals surface area contributed by atoms with E-state index < -0.39 is 0 Å². The van der Waals surface area contributed by atoms with E-state index in [-0.39, 0.29) is 5.91 Å². The molecule has 1 aromatic carbocycles. The van der Waals surface area contributed by atoms with Crippen molar-refractivity contribution >= 4 is 22.9 Å². The summed E-state index contributed by atoms with van der Waals surface area (Å²) in [5.74, 6) is 0.577. The number of aryl methyl sites for hydroxylation is 1. The highest BCUT2D eigenvalue weighted by molar-refractivity contribution is 7.09. The lowest BCUT2D eigenvalue weighted by Gasteiger charge is -2.28. The number of aromatic nitrogens is 2. The number of thiazole rings is 1. The number of anilines is 1. The van der Waals surface area contributed by atoms with Gasteiger partial charge in [-0.15, -0.1) is 11.3 Å². The summed E-state index contributed by atoms with van der Waals surface area (Å²) in [5.41, 5.74) is 3.61. The Balaban J connectivity index is 1.54. The first kappa shape index (κ1) is 15.8. The summed E-state index contributed by atoms with van der Waals surface area (Å²) < 4.78 is 5.58. The quantitative estimate of drug-likeness (QED) is 0.725. The number of benzene rings is 1. The number of hydrogen-bond acceptors (Lipinski definition) is 5. The fourth-order valence-corrected chi connectivity index (χ4v) is 3.59. The van der Waals surface area contributed by atoms with Gasteiger partial charge in [-0.3, -0.25) is 14.7 Å². The summed E-state index contributed by atoms with van der Waals surface area (Å²) in [5, 5.41) is 2.77. The van der Waals surface area contributed by atoms with Gasteiger partial charge in [-0.1, -0.05) is 29.8 Å². The van der Waals surface area contributed by atoms with E-state index in [1.165, 1.54) is 22.5 Å². The molecule has 0 radical (unpaired) electrons. The molecule has 4 rings (SSSR count). The summed E-state index contributed by atoms with van der Waals surface area (Å²) in [6.07, 6.45) is 4.06. The van der Waals surface area contributed by atoms with Crippen molar-refractivity contribution in [3.63, 3.8) is 0 Å². The molecule has 25 heavy (non-hydrogen) atoms. The van der Waals surface area contributed by atoms with Crippen molar-refractivity contribution in [2.24, 2.45) is 0 Å². The molecule has 0 spiro atoms. The second-order valence-electron chi connectivity index (χ2n) is 5.94. The molecule has 126 valence electrons. The maximum absolute atomic E-state index is 12.9. The highest BCUT2D eigenvalue weighted by atomic mass is 32.1. The third-order valence-electron chi connectivity index (χ3n) is 4.12. The molecule has 0 saturated carbocycles. The van der Waals surface area contributed by atoms with Crippen LogP contribution in [0.3, 0.4) is 0 Å². The van der Waals surface area contributed by atoms with Crippen molar-refractivity contribution in [2.45, 2.75) is 13.3 Å². The monoisotopic (exact) mass is 351 g/mol. The largest absolute Gasteiger partial charge is 0.489 e. The predicted octanol–water partition coefficient (Wildman–Crippen LogP) is 3.48. The molecular weight excluding hydrogens is 334 g/mol. The minimum absolute atomic E-state index is 0.107. The van der Waals surface area contributed by atoms with E-state index in [1.807, 2.05) is 5.38 Å². The normalized spacial score (nSPS) is 13.2. The minimum Gasteiger partial charge on any atom is -0.489 e. The number of hydrogen-bond donors (Lipinski definition) is 0. The van der Waals surface area contributed by atoms with Gasteiger partial charge in [0.2, 0.25) is 0 Å². The highest BCUT2D eigenvalue weighted by Crippen LogP contribution is 2.31. The van der Waals surface area contributed by atoms with E-state index in [1.54, 1.807) is 23.4 Å². The van der Waals surface area contributed by atoms with Crippen LogP contribution in [-0.4, -0.2) is 29.0 Å². The zero-order chi connectivity index (χ0) is 17.2. The highest BCUT2D eigenvalue weighted by Gasteiger charge is 2.26. The van der Waals surface area contributed by atoms with Gasteiger partial charge in [0.05, 0.1) is 17.7 Å². The second kappa shape index (κ2) is 6.64. The van der Waals surface area contributed by atoms with Crippen molar-refractivity contribution in [3.8, 4) is 5.75 Å². The van der Waals surface area contributed by atoms with Crippen LogP contribution < -0.4 is 9.64 Å². The zero-order valence-corrected chi connectivity index (χ0v) is 14.6. The Labute approximate surface area is 149 Å². The molecule has 1 amide bonds. The zero-order valence-electron chi connectivity index (χ0n) is 13.8. The van der Waals surface area contributed by atoms with Crippen molar-refractivity contribution in [1.29, 1.82) is 0 Å². The molecule has 0 saturated heterocycles. The van der Waals surface area contributed by atoms with Crippen LogP contribution in [-0.2, 0) is 6.42 Å². The first-order valence-electron chi connectivity index (χ1n) is 8.09. The summed E-state index contributed by atoms with van der Waals surface area (Å²) in [6.45, 7) is 3.05. The Morgan fingerprint density at radius 1 is 1.28 bits per heavy atom. The van der Waals surface area contributed by atoms with Crippen LogP contribution in [0.1, 0.15) is 26.6 Å². The topological polar surface area (TPSA) is 55.3 Å². The number of amides is 1. The lowest BCUT2D eigenvalue weighted by molar-refractivity contribution is 0.0972. The summed E-state index contributed by atoms with van der Waals surface area (Å²) >= 11 is 1.52. The maximum Gasteiger partial charge on any atom is 0.278 e. The van der Waals surface area contributed by atoms with Crippen molar-refractivity contribution < 1.29 is 9.53 Å². The van der Waals surface area contributed by atoms with Gasteiger partial charge in [0.15, 0.2) is 0 Å². The van der Waals surface area contributed by atoms with Gasteiger partial charge in [0.25, 0.3) is 5.91 Å². The molecule has 0 unspecified atom stereocenters. The van der Waals surface area contributed by atoms with Gasteiger partial charge in [-0.2, -0.15) is 0 Å². The Morgan fingerprint density at radius 3 is 2.96 bits per heavy atom. The van der Waals surface area contributed by atoms with Crippen LogP contribution in [0.5, 0.6) is 5.75 Å². The van der Waals surface area contributed by atoms with E-state index in [0.717, 1.165) is 11.4 Å². The van der Waals surface area contributed by atoms with Crippen LogP contribution in [0.4, 0.5) is 5.69 Å². The van der Waals surface area contributed by atoms with Crippen molar-refractivity contribution in [1.82, 2.24) is 9.97 Å². The van der Waals surface area contributed by atoms with Crippen LogP contribution in [0.2, 0.25) is 0 Å². The molecule has 1 aliphatic rings. The third kappa shape index (κ3) is 3.25. The first-order chi connectivity index (χ1) is 12.2. The fourth-order valence-electron chi connectivity index (χ4n) is 2.79. The van der Waals surface area contributed by atoms with E-state index in [2.05, 4.69) is 41.2 Å². The number of rotatable bonds is 3. The standard InChI is InChI=1S/C19H17N3O2S/c1-13-2-4-14(5-3-13)10-18-21-15(12-25-18)19(23)22-8-9-24-17-6-7-20-11-16(17)22/h2-7,11-12H,8-10H2,1H3. The Hall–Kier alpha value is -2.73. The Kier molecular flexibility index (Phi) is 4.19. The molecule has 0 aliphatic carbocycles. The molecule has 3 heterocycles.